The van der Waals surface area contributed by atoms with Crippen molar-refractivity contribution >= 4 is 22.4 Å². The van der Waals surface area contributed by atoms with E-state index in [-0.39, 0.29) is 17.9 Å². The highest BCUT2D eigenvalue weighted by Crippen LogP contribution is 2.28. The van der Waals surface area contributed by atoms with Gasteiger partial charge in [-0.05, 0) is 44.2 Å². The number of nitriles is 1. The molecule has 26 heavy (non-hydrogen) atoms. The maximum Gasteiger partial charge on any atom is 0.266 e. The molecule has 0 fully saturated rings. The molecule has 0 aliphatic heterocycles. The Kier molecular flexibility index (Phi) is 6.64. The molecule has 0 aliphatic carbocycles. The molecule has 2 aromatic rings. The van der Waals surface area contributed by atoms with Gasteiger partial charge in [-0.25, -0.2) is 0 Å². The molecule has 2 aromatic heterocycles. The fourth-order valence-corrected chi connectivity index (χ4v) is 3.95. The number of nitrogens with zero attached hydrogens (tertiary/aromatic N) is 3. The van der Waals surface area contributed by atoms with Crippen LogP contribution in [0.15, 0.2) is 4.79 Å². The first kappa shape index (κ1) is 19.8. The van der Waals surface area contributed by atoms with Crippen LogP contribution in [0.25, 0.3) is 0 Å². The Morgan fingerprint density at radius 3 is 2.62 bits per heavy atom. The predicted molar refractivity (Wildman–Crippen MR) is 101 cm³/mol. The molecule has 0 atom stereocenters. The van der Waals surface area contributed by atoms with Crippen molar-refractivity contribution in [3.8, 4) is 6.07 Å². The van der Waals surface area contributed by atoms with Gasteiger partial charge in [0.2, 0.25) is 11.0 Å². The summed E-state index contributed by atoms with van der Waals surface area (Å²) in [6, 6.07) is 1.92. The van der Waals surface area contributed by atoms with Crippen LogP contribution in [0.4, 0.5) is 5.13 Å². The first-order valence-corrected chi connectivity index (χ1v) is 9.48. The number of carbonyl (C=O) groups excluding carboxylic acids is 1. The Balaban J connectivity index is 2.04. The maximum atomic E-state index is 12.2. The summed E-state index contributed by atoms with van der Waals surface area (Å²) >= 11 is 1.41. The van der Waals surface area contributed by atoms with E-state index in [4.69, 9.17) is 5.26 Å². The molecule has 2 rings (SSSR count). The van der Waals surface area contributed by atoms with Crippen molar-refractivity contribution < 1.29 is 4.79 Å². The average molecular weight is 373 g/mol. The van der Waals surface area contributed by atoms with E-state index in [0.29, 0.717) is 28.7 Å². The second kappa shape index (κ2) is 8.72. The van der Waals surface area contributed by atoms with Gasteiger partial charge in [0, 0.05) is 18.0 Å². The lowest BCUT2D eigenvalue weighted by molar-refractivity contribution is -0.116. The van der Waals surface area contributed by atoms with E-state index in [1.54, 1.807) is 13.8 Å². The summed E-state index contributed by atoms with van der Waals surface area (Å²) in [6.07, 6.45) is 2.65. The van der Waals surface area contributed by atoms with E-state index < -0.39 is 5.56 Å². The molecular weight excluding hydrogens is 350 g/mol. The number of hydrogen-bond donors (Lipinski definition) is 2. The Bertz CT molecular complexity index is 890. The quantitative estimate of drug-likeness (QED) is 0.774. The van der Waals surface area contributed by atoms with E-state index >= 15 is 0 Å². The van der Waals surface area contributed by atoms with Crippen molar-refractivity contribution in [3.05, 3.63) is 37.7 Å². The highest BCUT2D eigenvalue weighted by Gasteiger charge is 2.16. The van der Waals surface area contributed by atoms with Gasteiger partial charge in [-0.15, -0.1) is 10.2 Å². The maximum absolute atomic E-state index is 12.2. The number of nitrogens with one attached hydrogen (secondary N) is 2. The van der Waals surface area contributed by atoms with Gasteiger partial charge >= 0.3 is 0 Å². The van der Waals surface area contributed by atoms with Crippen LogP contribution in [0.2, 0.25) is 0 Å². The summed E-state index contributed by atoms with van der Waals surface area (Å²) in [7, 11) is 0. The largest absolute Gasteiger partial charge is 0.325 e. The molecule has 0 bridgehead atoms. The van der Waals surface area contributed by atoms with E-state index in [1.165, 1.54) is 11.3 Å². The van der Waals surface area contributed by atoms with Gasteiger partial charge < -0.3 is 10.3 Å². The number of aryl methyl sites for hydroxylation is 1. The third-order valence-electron chi connectivity index (χ3n) is 4.54. The second-order valence-electron chi connectivity index (χ2n) is 6.18. The fraction of sp³-hybridized carbons (Fsp3) is 0.500. The summed E-state index contributed by atoms with van der Waals surface area (Å²) in [6.45, 7) is 7.73. The van der Waals surface area contributed by atoms with Crippen molar-refractivity contribution in [2.45, 2.75) is 59.3 Å². The third-order valence-corrected chi connectivity index (χ3v) is 5.55. The van der Waals surface area contributed by atoms with E-state index in [2.05, 4.69) is 34.3 Å². The zero-order valence-electron chi connectivity index (χ0n) is 15.5. The first-order valence-electron chi connectivity index (χ1n) is 8.66. The highest BCUT2D eigenvalue weighted by atomic mass is 32.1. The molecule has 0 radical (unpaired) electrons. The average Bonchev–Trinajstić information content (AvgIpc) is 3.04. The topological polar surface area (TPSA) is 112 Å². The van der Waals surface area contributed by atoms with Gasteiger partial charge in [-0.2, -0.15) is 5.26 Å². The zero-order chi connectivity index (χ0) is 19.3. The van der Waals surface area contributed by atoms with Gasteiger partial charge in [0.15, 0.2) is 0 Å². The van der Waals surface area contributed by atoms with Gasteiger partial charge in [0.1, 0.15) is 16.6 Å². The van der Waals surface area contributed by atoms with Gasteiger partial charge in [-0.1, -0.05) is 25.2 Å². The molecule has 0 saturated heterocycles. The second-order valence-corrected chi connectivity index (χ2v) is 7.19. The Morgan fingerprint density at radius 2 is 2.00 bits per heavy atom. The number of pyridine rings is 1. The van der Waals surface area contributed by atoms with Crippen LogP contribution in [0.1, 0.15) is 66.4 Å². The lowest BCUT2D eigenvalue weighted by Gasteiger charge is -2.10. The van der Waals surface area contributed by atoms with Crippen molar-refractivity contribution in [1.82, 2.24) is 15.2 Å². The smallest absolute Gasteiger partial charge is 0.266 e. The minimum atomic E-state index is -0.390. The van der Waals surface area contributed by atoms with Crippen LogP contribution in [-0.4, -0.2) is 21.1 Å². The molecule has 0 saturated carbocycles. The number of aromatic nitrogens is 3. The zero-order valence-corrected chi connectivity index (χ0v) is 16.3. The molecule has 0 aliphatic rings. The molecule has 0 spiro atoms. The summed E-state index contributed by atoms with van der Waals surface area (Å²) in [5.41, 5.74) is 1.86. The number of amides is 1. The molecule has 2 N–H and O–H groups in total. The standard InChI is InChI=1S/C18H23N5O2S/c1-5-12(6-2)17-22-23-18(26-17)21-15(24)8-7-13-10(3)14(9-19)16(25)20-11(13)4/h12H,5-8H2,1-4H3,(H,20,25)(H,21,23,24). The first-order chi connectivity index (χ1) is 12.4. The van der Waals surface area contributed by atoms with Crippen LogP contribution < -0.4 is 10.9 Å². The lowest BCUT2D eigenvalue weighted by Crippen LogP contribution is -2.18. The van der Waals surface area contributed by atoms with Crippen molar-refractivity contribution in [3.63, 3.8) is 0 Å². The molecule has 1 amide bonds. The lowest BCUT2D eigenvalue weighted by atomic mass is 9.99. The molecule has 138 valence electrons. The number of anilines is 1. The number of rotatable bonds is 7. The molecule has 7 nitrogen and oxygen atoms in total. The number of hydrogen-bond acceptors (Lipinski definition) is 6. The van der Waals surface area contributed by atoms with Crippen LogP contribution in [0.3, 0.4) is 0 Å². The van der Waals surface area contributed by atoms with Crippen LogP contribution >= 0.6 is 11.3 Å². The normalized spacial score (nSPS) is 10.8. The van der Waals surface area contributed by atoms with Gasteiger partial charge in [0.25, 0.3) is 5.56 Å². The van der Waals surface area contributed by atoms with Crippen LogP contribution in [0.5, 0.6) is 0 Å². The number of aromatic amines is 1. The predicted octanol–water partition coefficient (Wildman–Crippen LogP) is 3.19. The minimum absolute atomic E-state index is 0.102. The van der Waals surface area contributed by atoms with Crippen molar-refractivity contribution in [1.29, 1.82) is 5.26 Å². The summed E-state index contributed by atoms with van der Waals surface area (Å²) < 4.78 is 0. The Hall–Kier alpha value is -2.53. The highest BCUT2D eigenvalue weighted by molar-refractivity contribution is 7.15. The van der Waals surface area contributed by atoms with E-state index in [0.717, 1.165) is 23.4 Å². The van der Waals surface area contributed by atoms with Gasteiger partial charge in [0.05, 0.1) is 0 Å². The van der Waals surface area contributed by atoms with Crippen molar-refractivity contribution in [2.24, 2.45) is 0 Å². The van der Waals surface area contributed by atoms with Crippen LogP contribution in [0, 0.1) is 25.2 Å². The Labute approximate surface area is 156 Å². The minimum Gasteiger partial charge on any atom is -0.325 e. The third kappa shape index (κ3) is 4.35. The van der Waals surface area contributed by atoms with E-state index in [9.17, 15) is 9.59 Å². The van der Waals surface area contributed by atoms with Gasteiger partial charge in [-0.3, -0.25) is 9.59 Å². The van der Waals surface area contributed by atoms with E-state index in [1.807, 2.05) is 6.07 Å². The molecule has 2 heterocycles. The number of carbonyl (C=O) groups is 1. The van der Waals surface area contributed by atoms with Crippen LogP contribution in [-0.2, 0) is 11.2 Å². The summed E-state index contributed by atoms with van der Waals surface area (Å²) in [5, 5.41) is 21.6. The molecule has 8 heteroatoms. The summed E-state index contributed by atoms with van der Waals surface area (Å²) in [5.74, 6) is 0.203. The molecule has 0 unspecified atom stereocenters. The molecule has 0 aromatic carbocycles. The molecular formula is C18H23N5O2S. The number of H-pyrrole nitrogens is 1. The van der Waals surface area contributed by atoms with Crippen molar-refractivity contribution in [2.75, 3.05) is 5.32 Å². The monoisotopic (exact) mass is 373 g/mol. The Morgan fingerprint density at radius 1 is 1.31 bits per heavy atom. The SMILES string of the molecule is CCC(CC)c1nnc(NC(=O)CCc2c(C)[nH]c(=O)c(C#N)c2C)s1. The summed E-state index contributed by atoms with van der Waals surface area (Å²) in [4.78, 5) is 26.7. The fourth-order valence-electron chi connectivity index (χ4n) is 2.93.